The van der Waals surface area contributed by atoms with Gasteiger partial charge in [-0.05, 0) is 55.5 Å². The Hall–Kier alpha value is -3.92. The van der Waals surface area contributed by atoms with Gasteiger partial charge in [0.05, 0.1) is 22.3 Å². The Balaban J connectivity index is 1.77. The molecule has 1 aromatic carbocycles. The molecule has 2 aliphatic rings. The maximum absolute atomic E-state index is 16.0. The summed E-state index contributed by atoms with van der Waals surface area (Å²) in [7, 11) is 0. The molecule has 1 atom stereocenters. The van der Waals surface area contributed by atoms with Crippen LogP contribution in [-0.4, -0.2) is 51.7 Å². The van der Waals surface area contributed by atoms with Crippen LogP contribution in [-0.2, 0) is 6.42 Å². The van der Waals surface area contributed by atoms with Crippen LogP contribution in [0, 0.1) is 11.6 Å². The molecule has 39 heavy (non-hydrogen) atoms. The lowest BCUT2D eigenvalue weighted by atomic mass is 10.00. The van der Waals surface area contributed by atoms with Crippen molar-refractivity contribution in [3.05, 3.63) is 69.9 Å². The zero-order valence-corrected chi connectivity index (χ0v) is 22.3. The zero-order valence-electron chi connectivity index (χ0n) is 22.3. The molecule has 0 saturated carbocycles. The number of nitrogens with zero attached hydrogens (tertiary/aromatic N) is 5. The van der Waals surface area contributed by atoms with Gasteiger partial charge in [-0.15, -0.1) is 0 Å². The first kappa shape index (κ1) is 25.4. The predicted octanol–water partition coefficient (Wildman–Crippen LogP) is 4.40. The highest BCUT2D eigenvalue weighted by Crippen LogP contribution is 2.37. The number of hydrogen-bond acceptors (Lipinski definition) is 7. The number of anilines is 2. The molecule has 6 rings (SSSR count). The molecule has 202 valence electrons. The lowest BCUT2D eigenvalue weighted by molar-refractivity contribution is 0.497. The fraction of sp³-hybridized carbons (Fsp3) is 0.379. The largest absolute Gasteiger partial charge is 0.384 e. The molecule has 4 aromatic rings. The molecule has 1 fully saturated rings. The molecule has 8 nitrogen and oxygen atoms in total. The summed E-state index contributed by atoms with van der Waals surface area (Å²) in [5.74, 6) is -0.890. The van der Waals surface area contributed by atoms with Gasteiger partial charge in [0, 0.05) is 44.1 Å². The van der Waals surface area contributed by atoms with Gasteiger partial charge in [0.15, 0.2) is 11.5 Å². The van der Waals surface area contributed by atoms with Gasteiger partial charge < -0.3 is 15.5 Å². The average Bonchev–Trinajstić information content (AvgIpc) is 2.91. The number of benzene rings is 1. The molecule has 0 radical (unpaired) electrons. The lowest BCUT2D eigenvalue weighted by Gasteiger charge is -2.35. The number of pyridine rings is 2. The Morgan fingerprint density at radius 3 is 2.74 bits per heavy atom. The minimum absolute atomic E-state index is 0.00103. The summed E-state index contributed by atoms with van der Waals surface area (Å²) in [4.78, 5) is 29.9. The van der Waals surface area contributed by atoms with Crippen molar-refractivity contribution in [1.29, 1.82) is 0 Å². The number of aryl methyl sites for hydroxylation is 1. The first-order valence-corrected chi connectivity index (χ1v) is 13.5. The van der Waals surface area contributed by atoms with Gasteiger partial charge >= 0.3 is 5.69 Å². The molecule has 10 heteroatoms. The van der Waals surface area contributed by atoms with E-state index in [-0.39, 0.29) is 28.9 Å². The van der Waals surface area contributed by atoms with E-state index < -0.39 is 17.3 Å². The molecule has 0 spiro atoms. The van der Waals surface area contributed by atoms with E-state index in [9.17, 15) is 4.79 Å². The van der Waals surface area contributed by atoms with Gasteiger partial charge in [-0.3, -0.25) is 4.98 Å². The van der Waals surface area contributed by atoms with Gasteiger partial charge in [0.2, 0.25) is 0 Å². The van der Waals surface area contributed by atoms with Crippen LogP contribution in [0.3, 0.4) is 0 Å². The number of piperazine rings is 1. The third kappa shape index (κ3) is 4.32. The van der Waals surface area contributed by atoms with Crippen LogP contribution >= 0.6 is 0 Å². The summed E-state index contributed by atoms with van der Waals surface area (Å²) in [6.45, 7) is 8.60. The Morgan fingerprint density at radius 1 is 1.10 bits per heavy atom. The maximum Gasteiger partial charge on any atom is 0.355 e. The van der Waals surface area contributed by atoms with Crippen LogP contribution in [0.1, 0.15) is 44.4 Å². The molecule has 2 N–H and O–H groups in total. The standard InChI is InChI=1S/C29H31F2N7O/c1-16(2)24-26-18(9-11-34-24)6-5-10-33-22-8-4-7-20(30)23(22)25-21(31)14-19-27(37-13-12-32-15-17(37)3)36-29(39)38(26)28(19)35-25/h4,7-9,11,14,16-17,32-33H,5-6,10,12-13,15H2,1-3H3. The summed E-state index contributed by atoms with van der Waals surface area (Å²) in [5.41, 5.74) is 2.33. The van der Waals surface area contributed by atoms with Crippen LogP contribution in [0.15, 0.2) is 41.3 Å². The highest BCUT2D eigenvalue weighted by Gasteiger charge is 2.28. The third-order valence-electron chi connectivity index (χ3n) is 7.57. The Bertz CT molecular complexity index is 1630. The summed E-state index contributed by atoms with van der Waals surface area (Å²) in [6, 6.07) is 7.89. The van der Waals surface area contributed by atoms with E-state index in [2.05, 4.69) is 20.6 Å². The van der Waals surface area contributed by atoms with Crippen LogP contribution in [0.2, 0.25) is 0 Å². The predicted molar refractivity (Wildman–Crippen MR) is 149 cm³/mol. The molecule has 5 heterocycles. The van der Waals surface area contributed by atoms with Crippen molar-refractivity contribution < 1.29 is 8.78 Å². The van der Waals surface area contributed by atoms with Gasteiger partial charge in [-0.2, -0.15) is 4.98 Å². The number of halogens is 2. The van der Waals surface area contributed by atoms with E-state index in [1.165, 1.54) is 16.7 Å². The monoisotopic (exact) mass is 531 g/mol. The van der Waals surface area contributed by atoms with Crippen molar-refractivity contribution >= 4 is 22.5 Å². The molecule has 0 amide bonds. The van der Waals surface area contributed by atoms with Crippen LogP contribution in [0.25, 0.3) is 28.0 Å². The SMILES string of the molecule is CC(C)c1nccc2c1-n1c(=O)nc(N3CCNCC3C)c3cc(F)c(nc31)-c1c(F)cccc1NCCC2. The maximum atomic E-state index is 16.0. The number of fused-ring (bicyclic) bond motifs is 5. The van der Waals surface area contributed by atoms with Crippen molar-refractivity contribution in [2.24, 2.45) is 0 Å². The number of nitrogens with one attached hydrogen (secondary N) is 2. The van der Waals surface area contributed by atoms with Crippen molar-refractivity contribution in [2.75, 3.05) is 36.4 Å². The minimum Gasteiger partial charge on any atom is -0.384 e. The summed E-state index contributed by atoms with van der Waals surface area (Å²) < 4.78 is 32.7. The molecule has 2 bridgehead atoms. The smallest absolute Gasteiger partial charge is 0.355 e. The highest BCUT2D eigenvalue weighted by atomic mass is 19.1. The number of aromatic nitrogens is 4. The van der Waals surface area contributed by atoms with Gasteiger partial charge in [0.25, 0.3) is 0 Å². The van der Waals surface area contributed by atoms with Gasteiger partial charge in [-0.1, -0.05) is 19.9 Å². The molecular formula is C29H31F2N7O. The second-order valence-corrected chi connectivity index (χ2v) is 10.5. The van der Waals surface area contributed by atoms with Crippen molar-refractivity contribution in [2.45, 2.75) is 45.6 Å². The Labute approximate surface area is 225 Å². The summed E-state index contributed by atoms with van der Waals surface area (Å²) >= 11 is 0. The third-order valence-corrected chi connectivity index (χ3v) is 7.57. The summed E-state index contributed by atoms with van der Waals surface area (Å²) in [5, 5.41) is 7.01. The topological polar surface area (TPSA) is 88.0 Å². The molecule has 3 aromatic heterocycles. The van der Waals surface area contributed by atoms with E-state index in [1.54, 1.807) is 18.3 Å². The Morgan fingerprint density at radius 2 is 1.95 bits per heavy atom. The molecule has 1 unspecified atom stereocenters. The van der Waals surface area contributed by atoms with E-state index in [4.69, 9.17) is 4.98 Å². The Kier molecular flexibility index (Phi) is 6.50. The second-order valence-electron chi connectivity index (χ2n) is 10.5. The molecule has 2 aliphatic heterocycles. The molecule has 0 aliphatic carbocycles. The first-order chi connectivity index (χ1) is 18.8. The van der Waals surface area contributed by atoms with Crippen molar-refractivity contribution in [1.82, 2.24) is 24.8 Å². The fourth-order valence-electron chi connectivity index (χ4n) is 5.67. The highest BCUT2D eigenvalue weighted by molar-refractivity contribution is 5.91. The van der Waals surface area contributed by atoms with E-state index in [1.807, 2.05) is 31.7 Å². The number of rotatable bonds is 2. The zero-order chi connectivity index (χ0) is 27.3. The molecular weight excluding hydrogens is 500 g/mol. The van der Waals surface area contributed by atoms with E-state index >= 15 is 8.78 Å². The van der Waals surface area contributed by atoms with Gasteiger partial charge in [-0.25, -0.2) is 23.1 Å². The minimum atomic E-state index is -0.681. The second kappa shape index (κ2) is 10.00. The van der Waals surface area contributed by atoms with Gasteiger partial charge in [0.1, 0.15) is 17.3 Å². The van der Waals surface area contributed by atoms with Crippen LogP contribution in [0.5, 0.6) is 0 Å². The van der Waals surface area contributed by atoms with E-state index in [0.29, 0.717) is 61.6 Å². The van der Waals surface area contributed by atoms with Crippen LogP contribution in [0.4, 0.5) is 20.3 Å². The van der Waals surface area contributed by atoms with Crippen molar-refractivity contribution in [3.8, 4) is 16.9 Å². The normalized spacial score (nSPS) is 17.4. The average molecular weight is 532 g/mol. The van der Waals surface area contributed by atoms with E-state index in [0.717, 1.165) is 11.3 Å². The lowest BCUT2D eigenvalue weighted by Crippen LogP contribution is -2.50. The quantitative estimate of drug-likeness (QED) is 0.396. The summed E-state index contributed by atoms with van der Waals surface area (Å²) in [6.07, 6.45) is 3.11. The fourth-order valence-corrected chi connectivity index (χ4v) is 5.67. The first-order valence-electron chi connectivity index (χ1n) is 13.5. The molecule has 1 saturated heterocycles. The van der Waals surface area contributed by atoms with Crippen molar-refractivity contribution in [3.63, 3.8) is 0 Å². The number of hydrogen-bond donors (Lipinski definition) is 2. The van der Waals surface area contributed by atoms with Crippen LogP contribution < -0.4 is 21.2 Å².